The monoisotopic (exact) mass is 427 g/mol. The molecule has 1 aromatic rings. The lowest BCUT2D eigenvalue weighted by Gasteiger charge is -2.28. The van der Waals surface area contributed by atoms with Gasteiger partial charge in [0.1, 0.15) is 0 Å². The van der Waals surface area contributed by atoms with Crippen LogP contribution in [0.5, 0.6) is 0 Å². The minimum Gasteiger partial charge on any atom is -0.327 e. The molecule has 1 aliphatic heterocycles. The molecule has 156 valence electrons. The third-order valence-corrected chi connectivity index (χ3v) is 8.71. The summed E-state index contributed by atoms with van der Waals surface area (Å²) in [6, 6.07) is 5.08. The van der Waals surface area contributed by atoms with Crippen molar-refractivity contribution in [3.63, 3.8) is 0 Å². The van der Waals surface area contributed by atoms with Crippen LogP contribution in [0.2, 0.25) is 0 Å². The number of halogens is 1. The number of nitrogens with zero attached hydrogens (tertiary/aromatic N) is 1. The zero-order chi connectivity index (χ0) is 19.2. The van der Waals surface area contributed by atoms with Crippen LogP contribution in [0, 0.1) is 24.7 Å². The van der Waals surface area contributed by atoms with E-state index in [4.69, 9.17) is 5.73 Å². The van der Waals surface area contributed by atoms with Crippen LogP contribution in [0.15, 0.2) is 23.1 Å². The largest absolute Gasteiger partial charge is 0.327 e. The molecule has 3 N–H and O–H groups in total. The maximum absolute atomic E-state index is 13.1. The molecule has 0 spiro atoms. The van der Waals surface area contributed by atoms with E-state index in [0.29, 0.717) is 41.1 Å². The van der Waals surface area contributed by atoms with E-state index in [9.17, 15) is 13.2 Å². The second kappa shape index (κ2) is 8.30. The van der Waals surface area contributed by atoms with Crippen LogP contribution >= 0.6 is 12.4 Å². The predicted octanol–water partition coefficient (Wildman–Crippen LogP) is 2.90. The summed E-state index contributed by atoms with van der Waals surface area (Å²) >= 11 is 0. The summed E-state index contributed by atoms with van der Waals surface area (Å²) in [4.78, 5) is 13.1. The number of aryl methyl sites for hydroxylation is 1. The number of nitrogens with one attached hydrogen (secondary N) is 1. The molecule has 2 bridgehead atoms. The summed E-state index contributed by atoms with van der Waals surface area (Å²) in [5.74, 6) is 0.595. The van der Waals surface area contributed by atoms with Gasteiger partial charge in [-0.2, -0.15) is 4.31 Å². The van der Waals surface area contributed by atoms with Crippen molar-refractivity contribution < 1.29 is 13.2 Å². The van der Waals surface area contributed by atoms with Crippen molar-refractivity contribution in [1.82, 2.24) is 4.31 Å². The predicted molar refractivity (Wildman–Crippen MR) is 112 cm³/mol. The van der Waals surface area contributed by atoms with E-state index in [2.05, 4.69) is 5.32 Å². The standard InChI is InChI=1S/C20H29N3O3S.ClH/c1-13-5-8-16(12-17(13)27(25,26)23-9-3-2-4-10-23)22-20(24)18-14-6-7-15(11-14)19(18)21;/h5,8,12,14-15,18-19H,2-4,6-7,9-11,21H2,1H3,(H,22,24);1H. The van der Waals surface area contributed by atoms with Crippen LogP contribution in [0.1, 0.15) is 44.1 Å². The number of hydrogen-bond donors (Lipinski definition) is 2. The van der Waals surface area contributed by atoms with Crippen LogP contribution in [0.4, 0.5) is 5.69 Å². The molecule has 1 saturated heterocycles. The van der Waals surface area contributed by atoms with Gasteiger partial charge in [-0.1, -0.05) is 12.5 Å². The van der Waals surface area contributed by atoms with Crippen LogP contribution in [0.3, 0.4) is 0 Å². The molecule has 4 atom stereocenters. The normalized spacial score (nSPS) is 30.1. The van der Waals surface area contributed by atoms with E-state index in [0.717, 1.165) is 38.5 Å². The fourth-order valence-corrected chi connectivity index (χ4v) is 6.92. The maximum Gasteiger partial charge on any atom is 0.243 e. The van der Waals surface area contributed by atoms with Crippen molar-refractivity contribution in [3.8, 4) is 0 Å². The van der Waals surface area contributed by atoms with Gasteiger partial charge in [-0.15, -0.1) is 12.4 Å². The van der Waals surface area contributed by atoms with E-state index < -0.39 is 10.0 Å². The average molecular weight is 428 g/mol. The van der Waals surface area contributed by atoms with Gasteiger partial charge in [-0.25, -0.2) is 8.42 Å². The van der Waals surface area contributed by atoms with Crippen molar-refractivity contribution in [2.24, 2.45) is 23.5 Å². The van der Waals surface area contributed by atoms with Crippen molar-refractivity contribution >= 4 is 34.0 Å². The van der Waals surface area contributed by atoms with Crippen LogP contribution in [-0.4, -0.2) is 37.8 Å². The van der Waals surface area contributed by atoms with Crippen molar-refractivity contribution in [1.29, 1.82) is 0 Å². The zero-order valence-electron chi connectivity index (χ0n) is 16.3. The molecular formula is C20H30ClN3O3S. The molecule has 2 saturated carbocycles. The molecule has 6 nitrogen and oxygen atoms in total. The number of carbonyl (C=O) groups excluding carboxylic acids is 1. The first kappa shape index (κ1) is 21.6. The highest BCUT2D eigenvalue weighted by atomic mass is 35.5. The number of hydrogen-bond acceptors (Lipinski definition) is 4. The van der Waals surface area contributed by atoms with Crippen molar-refractivity contribution in [2.45, 2.75) is 56.4 Å². The minimum atomic E-state index is -3.53. The first-order valence-corrected chi connectivity index (χ1v) is 11.5. The van der Waals surface area contributed by atoms with E-state index in [1.165, 1.54) is 0 Å². The molecule has 8 heteroatoms. The Morgan fingerprint density at radius 2 is 1.82 bits per heavy atom. The quantitative estimate of drug-likeness (QED) is 0.772. The fourth-order valence-electron chi connectivity index (χ4n) is 5.15. The van der Waals surface area contributed by atoms with Crippen molar-refractivity contribution in [3.05, 3.63) is 23.8 Å². The third-order valence-electron chi connectivity index (χ3n) is 6.67. The molecule has 0 aromatic heterocycles. The Morgan fingerprint density at radius 1 is 1.14 bits per heavy atom. The SMILES string of the molecule is Cc1ccc(NC(=O)C2C3CCC(C3)C2N)cc1S(=O)(=O)N1CCCCC1.Cl. The topological polar surface area (TPSA) is 92.5 Å². The average Bonchev–Trinajstić information content (AvgIpc) is 3.25. The molecule has 0 radical (unpaired) electrons. The molecule has 28 heavy (non-hydrogen) atoms. The second-order valence-corrected chi connectivity index (χ2v) is 10.3. The third kappa shape index (κ3) is 3.82. The summed E-state index contributed by atoms with van der Waals surface area (Å²) in [6.45, 7) is 2.94. The number of sulfonamides is 1. The first-order valence-electron chi connectivity index (χ1n) is 10.0. The molecule has 1 amide bonds. The maximum atomic E-state index is 13.1. The van der Waals surface area contributed by atoms with Gasteiger partial charge in [0.15, 0.2) is 0 Å². The van der Waals surface area contributed by atoms with Gasteiger partial charge in [0, 0.05) is 24.8 Å². The van der Waals surface area contributed by atoms with Crippen LogP contribution < -0.4 is 11.1 Å². The Kier molecular flexibility index (Phi) is 6.39. The Morgan fingerprint density at radius 3 is 2.46 bits per heavy atom. The van der Waals surface area contributed by atoms with Gasteiger partial charge < -0.3 is 11.1 Å². The zero-order valence-corrected chi connectivity index (χ0v) is 17.9. The highest BCUT2D eigenvalue weighted by molar-refractivity contribution is 7.89. The smallest absolute Gasteiger partial charge is 0.243 e. The molecular weight excluding hydrogens is 398 g/mol. The van der Waals surface area contributed by atoms with E-state index in [-0.39, 0.29) is 30.3 Å². The number of amides is 1. The highest BCUT2D eigenvalue weighted by Gasteiger charge is 2.49. The summed E-state index contributed by atoms with van der Waals surface area (Å²) in [5, 5.41) is 2.94. The minimum absolute atomic E-state index is 0. The lowest BCUT2D eigenvalue weighted by atomic mass is 9.84. The van der Waals surface area contributed by atoms with Gasteiger partial charge in [-0.05, 0) is 68.6 Å². The molecule has 1 aromatic carbocycles. The van der Waals surface area contributed by atoms with Gasteiger partial charge in [-0.3, -0.25) is 4.79 Å². The van der Waals surface area contributed by atoms with Crippen LogP contribution in [0.25, 0.3) is 0 Å². The lowest BCUT2D eigenvalue weighted by Crippen LogP contribution is -2.42. The van der Waals surface area contributed by atoms with E-state index >= 15 is 0 Å². The molecule has 1 heterocycles. The summed E-state index contributed by atoms with van der Waals surface area (Å²) in [7, 11) is -3.53. The van der Waals surface area contributed by atoms with E-state index in [1.807, 2.05) is 0 Å². The number of benzene rings is 1. The van der Waals surface area contributed by atoms with Gasteiger partial charge in [0.05, 0.1) is 10.8 Å². The van der Waals surface area contributed by atoms with Crippen molar-refractivity contribution in [2.75, 3.05) is 18.4 Å². The summed E-state index contributed by atoms with van der Waals surface area (Å²) in [5.41, 5.74) is 7.52. The second-order valence-electron chi connectivity index (χ2n) is 8.37. The lowest BCUT2D eigenvalue weighted by molar-refractivity contribution is -0.121. The first-order chi connectivity index (χ1) is 12.9. The number of nitrogens with two attached hydrogens (primary N) is 1. The Bertz CT molecular complexity index is 837. The molecule has 3 aliphatic rings. The molecule has 4 unspecified atom stereocenters. The Hall–Kier alpha value is -1.15. The number of rotatable bonds is 4. The van der Waals surface area contributed by atoms with Gasteiger partial charge in [0.2, 0.25) is 15.9 Å². The number of anilines is 1. The van der Waals surface area contributed by atoms with Crippen LogP contribution in [-0.2, 0) is 14.8 Å². The molecule has 4 rings (SSSR count). The number of carbonyl (C=O) groups is 1. The fraction of sp³-hybridized carbons (Fsp3) is 0.650. The Balaban J connectivity index is 0.00000225. The number of fused-ring (bicyclic) bond motifs is 2. The summed E-state index contributed by atoms with van der Waals surface area (Å²) < 4.78 is 27.7. The summed E-state index contributed by atoms with van der Waals surface area (Å²) in [6.07, 6.45) is 6.11. The number of piperidine rings is 1. The van der Waals surface area contributed by atoms with E-state index in [1.54, 1.807) is 29.4 Å². The van der Waals surface area contributed by atoms with Gasteiger partial charge in [0.25, 0.3) is 0 Å². The molecule has 2 aliphatic carbocycles. The van der Waals surface area contributed by atoms with Gasteiger partial charge >= 0.3 is 0 Å². The Labute approximate surface area is 173 Å². The highest BCUT2D eigenvalue weighted by Crippen LogP contribution is 2.48. The molecule has 3 fully saturated rings.